The lowest BCUT2D eigenvalue weighted by Crippen LogP contribution is -2.11. The van der Waals surface area contributed by atoms with Gasteiger partial charge in [0.2, 0.25) is 0 Å². The first kappa shape index (κ1) is 13.3. The monoisotopic (exact) mass is 239 g/mol. The molecule has 16 heavy (non-hydrogen) atoms. The molecule has 0 atom stereocenters. The molecule has 0 bridgehead atoms. The number of rotatable bonds is 3. The molecule has 1 aromatic heterocycles. The highest BCUT2D eigenvalue weighted by Gasteiger charge is 2.13. The van der Waals surface area contributed by atoms with Crippen LogP contribution in [0.1, 0.15) is 44.8 Å². The minimum absolute atomic E-state index is 0.232. The largest absolute Gasteiger partial charge is 0.383 e. The van der Waals surface area contributed by atoms with Gasteiger partial charge in [0.1, 0.15) is 11.6 Å². The minimum atomic E-state index is 0.232. The zero-order valence-corrected chi connectivity index (χ0v) is 11.6. The van der Waals surface area contributed by atoms with Crippen LogP contribution in [0.15, 0.2) is 0 Å². The van der Waals surface area contributed by atoms with Gasteiger partial charge in [0.05, 0.1) is 5.75 Å². The molecule has 0 unspecified atom stereocenters. The van der Waals surface area contributed by atoms with Gasteiger partial charge in [-0.25, -0.2) is 9.97 Å². The standard InChI is InChI=1S/C12H21N3S/c1-6-9-8(2)14-10(15-11(9)13)7-16-12(3,4)5/h6-7H2,1-5H3,(H2,13,14,15). The quantitative estimate of drug-likeness (QED) is 0.881. The highest BCUT2D eigenvalue weighted by Crippen LogP contribution is 2.26. The van der Waals surface area contributed by atoms with E-state index in [1.54, 1.807) is 0 Å². The third-order valence-corrected chi connectivity index (χ3v) is 3.55. The van der Waals surface area contributed by atoms with E-state index < -0.39 is 0 Å². The van der Waals surface area contributed by atoms with E-state index in [2.05, 4.69) is 37.7 Å². The molecule has 3 nitrogen and oxygen atoms in total. The smallest absolute Gasteiger partial charge is 0.140 e. The summed E-state index contributed by atoms with van der Waals surface area (Å²) in [6, 6.07) is 0. The van der Waals surface area contributed by atoms with Crippen LogP contribution in [0, 0.1) is 6.92 Å². The van der Waals surface area contributed by atoms with Crippen LogP contribution in [-0.4, -0.2) is 14.7 Å². The SMILES string of the molecule is CCc1c(C)nc(CSC(C)(C)C)nc1N. The van der Waals surface area contributed by atoms with E-state index >= 15 is 0 Å². The molecule has 1 rings (SSSR count). The van der Waals surface area contributed by atoms with Gasteiger partial charge in [0, 0.05) is 16.0 Å². The van der Waals surface area contributed by atoms with E-state index in [1.807, 2.05) is 18.7 Å². The maximum atomic E-state index is 5.91. The molecule has 1 aromatic rings. The average molecular weight is 239 g/mol. The normalized spacial score (nSPS) is 11.8. The molecule has 0 amide bonds. The Bertz CT molecular complexity index is 346. The highest BCUT2D eigenvalue weighted by atomic mass is 32.2. The molecule has 0 aliphatic rings. The lowest BCUT2D eigenvalue weighted by Gasteiger charge is -2.17. The predicted octanol–water partition coefficient (Wildman–Crippen LogP) is 2.96. The Kier molecular flexibility index (Phi) is 4.19. The molecule has 1 heterocycles. The Balaban J connectivity index is 2.84. The summed E-state index contributed by atoms with van der Waals surface area (Å²) in [5.74, 6) is 2.30. The summed E-state index contributed by atoms with van der Waals surface area (Å²) in [5, 5.41) is 0. The molecule has 0 fully saturated rings. The summed E-state index contributed by atoms with van der Waals surface area (Å²) in [6.45, 7) is 10.6. The number of anilines is 1. The molecule has 0 saturated heterocycles. The topological polar surface area (TPSA) is 51.8 Å². The number of hydrogen-bond donors (Lipinski definition) is 1. The second-order valence-corrected chi connectivity index (χ2v) is 6.65. The number of nitrogen functional groups attached to an aromatic ring is 1. The average Bonchev–Trinajstić information content (AvgIpc) is 2.13. The summed E-state index contributed by atoms with van der Waals surface area (Å²) < 4.78 is 0.232. The second kappa shape index (κ2) is 5.04. The van der Waals surface area contributed by atoms with Gasteiger partial charge < -0.3 is 5.73 Å². The molecule has 90 valence electrons. The van der Waals surface area contributed by atoms with Gasteiger partial charge >= 0.3 is 0 Å². The van der Waals surface area contributed by atoms with Gasteiger partial charge in [0.25, 0.3) is 0 Å². The lowest BCUT2D eigenvalue weighted by molar-refractivity contribution is 0.799. The fourth-order valence-electron chi connectivity index (χ4n) is 1.46. The van der Waals surface area contributed by atoms with Gasteiger partial charge in [0.15, 0.2) is 0 Å². The van der Waals surface area contributed by atoms with Gasteiger partial charge in [-0.15, -0.1) is 11.8 Å². The van der Waals surface area contributed by atoms with E-state index in [0.717, 1.165) is 29.3 Å². The van der Waals surface area contributed by atoms with E-state index in [-0.39, 0.29) is 4.75 Å². The summed E-state index contributed by atoms with van der Waals surface area (Å²) in [4.78, 5) is 8.85. The number of aromatic nitrogens is 2. The van der Waals surface area contributed by atoms with E-state index in [9.17, 15) is 0 Å². The summed E-state index contributed by atoms with van der Waals surface area (Å²) in [7, 11) is 0. The summed E-state index contributed by atoms with van der Waals surface area (Å²) in [6.07, 6.45) is 0.893. The third kappa shape index (κ3) is 3.67. The molecule has 0 radical (unpaired) electrons. The van der Waals surface area contributed by atoms with Gasteiger partial charge in [-0.3, -0.25) is 0 Å². The zero-order chi connectivity index (χ0) is 12.3. The van der Waals surface area contributed by atoms with Crippen molar-refractivity contribution in [1.82, 2.24) is 9.97 Å². The van der Waals surface area contributed by atoms with Crippen molar-refractivity contribution in [2.75, 3.05) is 5.73 Å². The second-order valence-electron chi connectivity index (χ2n) is 4.84. The van der Waals surface area contributed by atoms with Crippen LogP contribution in [0.3, 0.4) is 0 Å². The Morgan fingerprint density at radius 3 is 2.31 bits per heavy atom. The molecule has 4 heteroatoms. The van der Waals surface area contributed by atoms with Crippen molar-refractivity contribution >= 4 is 17.6 Å². The van der Waals surface area contributed by atoms with Crippen molar-refractivity contribution < 1.29 is 0 Å². The van der Waals surface area contributed by atoms with Crippen molar-refractivity contribution in [2.24, 2.45) is 0 Å². The van der Waals surface area contributed by atoms with Crippen molar-refractivity contribution in [3.8, 4) is 0 Å². The summed E-state index contributed by atoms with van der Waals surface area (Å²) >= 11 is 1.84. The van der Waals surface area contributed by atoms with E-state index in [1.165, 1.54) is 0 Å². The van der Waals surface area contributed by atoms with Gasteiger partial charge in [-0.05, 0) is 13.3 Å². The molecule has 0 aliphatic carbocycles. The zero-order valence-electron chi connectivity index (χ0n) is 10.8. The number of nitrogens with zero attached hydrogens (tertiary/aromatic N) is 2. The first-order valence-corrected chi connectivity index (χ1v) is 6.58. The molecule has 2 N–H and O–H groups in total. The van der Waals surface area contributed by atoms with Crippen LogP contribution >= 0.6 is 11.8 Å². The third-order valence-electron chi connectivity index (χ3n) is 2.28. The Morgan fingerprint density at radius 2 is 1.88 bits per heavy atom. The van der Waals surface area contributed by atoms with Crippen LogP contribution in [-0.2, 0) is 12.2 Å². The lowest BCUT2D eigenvalue weighted by atomic mass is 10.2. The molecule has 0 aromatic carbocycles. The van der Waals surface area contributed by atoms with Crippen LogP contribution in [0.2, 0.25) is 0 Å². The fourth-order valence-corrected chi connectivity index (χ4v) is 2.15. The Morgan fingerprint density at radius 1 is 1.25 bits per heavy atom. The maximum absolute atomic E-state index is 5.91. The van der Waals surface area contributed by atoms with Crippen LogP contribution in [0.5, 0.6) is 0 Å². The Hall–Kier alpha value is -0.770. The molecular formula is C12H21N3S. The Labute approximate surface area is 102 Å². The molecule has 0 aliphatic heterocycles. The number of nitrogens with two attached hydrogens (primary N) is 1. The van der Waals surface area contributed by atoms with Crippen LogP contribution in [0.25, 0.3) is 0 Å². The van der Waals surface area contributed by atoms with Crippen molar-refractivity contribution in [2.45, 2.75) is 51.5 Å². The minimum Gasteiger partial charge on any atom is -0.383 e. The predicted molar refractivity (Wildman–Crippen MR) is 71.6 cm³/mol. The van der Waals surface area contributed by atoms with E-state index in [4.69, 9.17) is 5.73 Å². The summed E-state index contributed by atoms with van der Waals surface area (Å²) in [5.41, 5.74) is 8.00. The highest BCUT2D eigenvalue weighted by molar-refractivity contribution is 7.99. The van der Waals surface area contributed by atoms with Crippen molar-refractivity contribution in [3.63, 3.8) is 0 Å². The van der Waals surface area contributed by atoms with Crippen molar-refractivity contribution in [3.05, 3.63) is 17.1 Å². The van der Waals surface area contributed by atoms with E-state index in [0.29, 0.717) is 5.82 Å². The number of hydrogen-bond acceptors (Lipinski definition) is 4. The molecule has 0 spiro atoms. The molecular weight excluding hydrogens is 218 g/mol. The van der Waals surface area contributed by atoms with Gasteiger partial charge in [-0.1, -0.05) is 27.7 Å². The van der Waals surface area contributed by atoms with Gasteiger partial charge in [-0.2, -0.15) is 0 Å². The maximum Gasteiger partial charge on any atom is 0.140 e. The first-order chi connectivity index (χ1) is 7.33. The number of thioether (sulfide) groups is 1. The fraction of sp³-hybridized carbons (Fsp3) is 0.667. The van der Waals surface area contributed by atoms with Crippen LogP contribution in [0.4, 0.5) is 5.82 Å². The molecule has 0 saturated carbocycles. The van der Waals surface area contributed by atoms with Crippen molar-refractivity contribution in [1.29, 1.82) is 0 Å². The number of aryl methyl sites for hydroxylation is 1. The van der Waals surface area contributed by atoms with Crippen LogP contribution < -0.4 is 5.73 Å². The first-order valence-electron chi connectivity index (χ1n) is 5.59.